The second-order valence-corrected chi connectivity index (χ2v) is 6.37. The molecule has 1 heterocycles. The molecule has 0 fully saturated rings. The zero-order chi connectivity index (χ0) is 21.7. The maximum atomic E-state index is 12.3. The number of hydrogen-bond donors (Lipinski definition) is 3. The highest BCUT2D eigenvalue weighted by Gasteiger charge is 2.18. The van der Waals surface area contributed by atoms with Crippen LogP contribution in [0.25, 0.3) is 0 Å². The van der Waals surface area contributed by atoms with Gasteiger partial charge in [0, 0.05) is 24.2 Å². The molecule has 0 saturated carbocycles. The molecule has 3 rings (SSSR count). The van der Waals surface area contributed by atoms with Crippen LogP contribution in [0.5, 0.6) is 11.5 Å². The van der Waals surface area contributed by atoms with Crippen LogP contribution in [0, 0.1) is 10.1 Å². The van der Waals surface area contributed by atoms with Gasteiger partial charge in [0.05, 0.1) is 17.6 Å². The highest BCUT2D eigenvalue weighted by Crippen LogP contribution is 2.32. The molecular weight excluding hydrogens is 416 g/mol. The number of hydrogen-bond acceptors (Lipinski definition) is 8. The minimum atomic E-state index is -0.804. The molecule has 11 nitrogen and oxygen atoms in total. The van der Waals surface area contributed by atoms with Gasteiger partial charge in [0.15, 0.2) is 16.6 Å². The number of thiocarbonyl (C=S) groups is 1. The number of nitro benzene ring substituents is 1. The zero-order valence-corrected chi connectivity index (χ0v) is 16.4. The van der Waals surface area contributed by atoms with E-state index < -0.39 is 22.5 Å². The summed E-state index contributed by atoms with van der Waals surface area (Å²) in [5.74, 6) is -0.235. The first-order chi connectivity index (χ1) is 14.4. The van der Waals surface area contributed by atoms with Crippen molar-refractivity contribution in [2.45, 2.75) is 6.54 Å². The van der Waals surface area contributed by atoms with Gasteiger partial charge in [-0.1, -0.05) is 6.07 Å². The number of carbonyl (C=O) groups is 2. The van der Waals surface area contributed by atoms with Crippen LogP contribution >= 0.6 is 12.2 Å². The van der Waals surface area contributed by atoms with Crippen LogP contribution in [0.15, 0.2) is 36.4 Å². The van der Waals surface area contributed by atoms with E-state index in [0.717, 1.165) is 24.8 Å². The van der Waals surface area contributed by atoms with Crippen molar-refractivity contribution in [1.82, 2.24) is 16.2 Å². The quantitative estimate of drug-likeness (QED) is 0.275. The van der Waals surface area contributed by atoms with Crippen molar-refractivity contribution in [2.24, 2.45) is 0 Å². The van der Waals surface area contributed by atoms with Crippen LogP contribution in [-0.4, -0.2) is 35.8 Å². The lowest BCUT2D eigenvalue weighted by molar-refractivity contribution is -0.384. The molecule has 0 saturated heterocycles. The van der Waals surface area contributed by atoms with Gasteiger partial charge in [0.2, 0.25) is 6.79 Å². The minimum absolute atomic E-state index is 0.111. The maximum absolute atomic E-state index is 12.3. The number of nitrogens with one attached hydrogen (secondary N) is 3. The number of nitrogens with zero attached hydrogens (tertiary/aromatic N) is 1. The average molecular weight is 432 g/mol. The van der Waals surface area contributed by atoms with E-state index in [-0.39, 0.29) is 23.0 Å². The third-order valence-corrected chi connectivity index (χ3v) is 4.24. The second-order valence-electron chi connectivity index (χ2n) is 5.97. The van der Waals surface area contributed by atoms with E-state index in [1.165, 1.54) is 6.07 Å². The molecule has 0 radical (unpaired) electrons. The standard InChI is InChI=1S/C18H16N4O7S/c1-27-17(24)12-5-11(6-13(7-12)22(25)26)16(23)20-21-18(30)19-8-10-2-3-14-15(4-10)29-9-28-14/h2-7H,8-9H2,1H3,(H,20,23)(H2,19,21,30). The molecule has 0 atom stereocenters. The van der Waals surface area contributed by atoms with Gasteiger partial charge < -0.3 is 19.5 Å². The third kappa shape index (κ3) is 4.91. The molecule has 1 aliphatic rings. The molecular formula is C18H16N4O7S. The number of rotatable bonds is 5. The third-order valence-electron chi connectivity index (χ3n) is 3.99. The van der Waals surface area contributed by atoms with E-state index in [0.29, 0.717) is 18.0 Å². The number of ether oxygens (including phenoxy) is 3. The van der Waals surface area contributed by atoms with Gasteiger partial charge >= 0.3 is 5.97 Å². The van der Waals surface area contributed by atoms with Crippen molar-refractivity contribution in [3.05, 3.63) is 63.2 Å². The van der Waals surface area contributed by atoms with Crippen LogP contribution in [0.1, 0.15) is 26.3 Å². The Morgan fingerprint density at radius 1 is 1.13 bits per heavy atom. The number of benzene rings is 2. The van der Waals surface area contributed by atoms with Gasteiger partial charge in [0.1, 0.15) is 0 Å². The van der Waals surface area contributed by atoms with Crippen LogP contribution in [0.3, 0.4) is 0 Å². The number of esters is 1. The van der Waals surface area contributed by atoms with E-state index in [4.69, 9.17) is 21.7 Å². The molecule has 1 amide bonds. The summed E-state index contributed by atoms with van der Waals surface area (Å²) in [4.78, 5) is 34.3. The molecule has 0 unspecified atom stereocenters. The first kappa shape index (κ1) is 20.8. The Labute approximate surface area is 175 Å². The number of amides is 1. The molecule has 0 aliphatic carbocycles. The average Bonchev–Trinajstić information content (AvgIpc) is 3.22. The van der Waals surface area contributed by atoms with Crippen molar-refractivity contribution in [3.63, 3.8) is 0 Å². The molecule has 12 heteroatoms. The summed E-state index contributed by atoms with van der Waals surface area (Å²) in [6.45, 7) is 0.523. The van der Waals surface area contributed by atoms with Crippen LogP contribution in [0.4, 0.5) is 5.69 Å². The van der Waals surface area contributed by atoms with E-state index >= 15 is 0 Å². The lowest BCUT2D eigenvalue weighted by atomic mass is 10.1. The summed E-state index contributed by atoms with van der Waals surface area (Å²) in [6.07, 6.45) is 0. The lowest BCUT2D eigenvalue weighted by Gasteiger charge is -2.12. The fourth-order valence-corrected chi connectivity index (χ4v) is 2.67. The Morgan fingerprint density at radius 3 is 2.60 bits per heavy atom. The monoisotopic (exact) mass is 432 g/mol. The van der Waals surface area contributed by atoms with Gasteiger partial charge in [-0.15, -0.1) is 0 Å². The van der Waals surface area contributed by atoms with Gasteiger partial charge in [0.25, 0.3) is 11.6 Å². The van der Waals surface area contributed by atoms with Gasteiger partial charge in [-0.25, -0.2) is 4.79 Å². The molecule has 3 N–H and O–H groups in total. The molecule has 0 aromatic heterocycles. The number of nitro groups is 1. The summed E-state index contributed by atoms with van der Waals surface area (Å²) in [7, 11) is 1.13. The Bertz CT molecular complexity index is 1030. The minimum Gasteiger partial charge on any atom is -0.465 e. The predicted octanol–water partition coefficient (Wildman–Crippen LogP) is 1.42. The zero-order valence-electron chi connectivity index (χ0n) is 15.6. The summed E-state index contributed by atoms with van der Waals surface area (Å²) in [5.41, 5.74) is 5.02. The number of fused-ring (bicyclic) bond motifs is 1. The van der Waals surface area contributed by atoms with Crippen LogP contribution in [0.2, 0.25) is 0 Å². The largest absolute Gasteiger partial charge is 0.465 e. The normalized spacial score (nSPS) is 11.4. The number of methoxy groups -OCH3 is 1. The fraction of sp³-hybridized carbons (Fsp3) is 0.167. The predicted molar refractivity (Wildman–Crippen MR) is 107 cm³/mol. The smallest absolute Gasteiger partial charge is 0.338 e. The first-order valence-electron chi connectivity index (χ1n) is 8.48. The highest BCUT2D eigenvalue weighted by molar-refractivity contribution is 7.80. The van der Waals surface area contributed by atoms with Crippen molar-refractivity contribution < 1.29 is 28.7 Å². The van der Waals surface area contributed by atoms with E-state index in [9.17, 15) is 19.7 Å². The van der Waals surface area contributed by atoms with E-state index in [1.54, 1.807) is 12.1 Å². The van der Waals surface area contributed by atoms with Crippen molar-refractivity contribution in [2.75, 3.05) is 13.9 Å². The van der Waals surface area contributed by atoms with E-state index in [1.807, 2.05) is 6.07 Å². The van der Waals surface area contributed by atoms with E-state index in [2.05, 4.69) is 20.9 Å². The molecule has 1 aliphatic heterocycles. The Morgan fingerprint density at radius 2 is 1.87 bits per heavy atom. The van der Waals surface area contributed by atoms with Gasteiger partial charge in [-0.2, -0.15) is 0 Å². The topological polar surface area (TPSA) is 141 Å². The lowest BCUT2D eigenvalue weighted by Crippen LogP contribution is -2.46. The Hall–Kier alpha value is -3.93. The molecule has 2 aromatic rings. The summed E-state index contributed by atoms with van der Waals surface area (Å²) < 4.78 is 15.1. The Balaban J connectivity index is 1.58. The summed E-state index contributed by atoms with van der Waals surface area (Å²) >= 11 is 5.10. The van der Waals surface area contributed by atoms with Gasteiger partial charge in [-0.3, -0.25) is 25.8 Å². The molecule has 156 valence electrons. The number of carbonyl (C=O) groups excluding carboxylic acids is 2. The Kier molecular flexibility index (Phi) is 6.27. The molecule has 0 spiro atoms. The van der Waals surface area contributed by atoms with Crippen molar-refractivity contribution in [3.8, 4) is 11.5 Å². The SMILES string of the molecule is COC(=O)c1cc(C(=O)NNC(=S)NCc2ccc3c(c2)OCO3)cc([N+](=O)[O-])c1. The fourth-order valence-electron chi connectivity index (χ4n) is 2.55. The van der Waals surface area contributed by atoms with Crippen LogP contribution < -0.4 is 25.6 Å². The molecule has 30 heavy (non-hydrogen) atoms. The number of non-ortho nitro benzene ring substituents is 1. The summed E-state index contributed by atoms with van der Waals surface area (Å²) in [6, 6.07) is 8.64. The maximum Gasteiger partial charge on any atom is 0.338 e. The number of hydrazine groups is 1. The molecule has 0 bridgehead atoms. The highest BCUT2D eigenvalue weighted by atomic mass is 32.1. The van der Waals surface area contributed by atoms with Crippen LogP contribution in [-0.2, 0) is 11.3 Å². The van der Waals surface area contributed by atoms with Crippen molar-refractivity contribution in [1.29, 1.82) is 0 Å². The van der Waals surface area contributed by atoms with Crippen molar-refractivity contribution >= 4 is 34.9 Å². The summed E-state index contributed by atoms with van der Waals surface area (Å²) in [5, 5.41) is 14.1. The second kappa shape index (κ2) is 9.05. The van der Waals surface area contributed by atoms with Gasteiger partial charge in [-0.05, 0) is 36.0 Å². The first-order valence-corrected chi connectivity index (χ1v) is 8.88. The molecule has 2 aromatic carbocycles.